The summed E-state index contributed by atoms with van der Waals surface area (Å²) in [6.45, 7) is 6.73. The molecule has 1 aliphatic rings. The van der Waals surface area contributed by atoms with Gasteiger partial charge in [0.25, 0.3) is 0 Å². The van der Waals surface area contributed by atoms with Crippen LogP contribution in [0.2, 0.25) is 0 Å². The molecule has 1 heterocycles. The zero-order valence-corrected chi connectivity index (χ0v) is 15.7. The number of piperidine rings is 1. The lowest BCUT2D eigenvalue weighted by Gasteiger charge is -2.33. The average molecular weight is 346 g/mol. The van der Waals surface area contributed by atoms with Crippen LogP contribution in [0, 0.1) is 6.92 Å². The van der Waals surface area contributed by atoms with Gasteiger partial charge in [0.1, 0.15) is 6.04 Å². The molecule has 0 spiro atoms. The second-order valence-corrected chi connectivity index (χ2v) is 7.05. The van der Waals surface area contributed by atoms with Crippen molar-refractivity contribution in [2.45, 2.75) is 45.3 Å². The molecule has 0 radical (unpaired) electrons. The van der Waals surface area contributed by atoms with Gasteiger partial charge in [-0.2, -0.15) is 0 Å². The van der Waals surface area contributed by atoms with Crippen LogP contribution < -0.4 is 10.6 Å². The largest absolute Gasteiger partial charge is 0.347 e. The first-order valence-electron chi connectivity index (χ1n) is 8.92. The molecule has 6 nitrogen and oxygen atoms in total. The molecule has 1 aliphatic heterocycles. The number of amides is 3. The predicted molar refractivity (Wildman–Crippen MR) is 99.3 cm³/mol. The van der Waals surface area contributed by atoms with Crippen molar-refractivity contribution < 1.29 is 9.59 Å². The number of carbonyl (C=O) groups is 2. The molecule has 1 atom stereocenters. The summed E-state index contributed by atoms with van der Waals surface area (Å²) in [6, 6.07) is 7.85. The Morgan fingerprint density at radius 3 is 2.48 bits per heavy atom. The van der Waals surface area contributed by atoms with Gasteiger partial charge < -0.3 is 15.5 Å². The highest BCUT2D eigenvalue weighted by Crippen LogP contribution is 2.16. The molecule has 0 saturated carbocycles. The Bertz CT molecular complexity index is 595. The lowest BCUT2D eigenvalue weighted by Crippen LogP contribution is -2.52. The third kappa shape index (κ3) is 5.74. The van der Waals surface area contributed by atoms with Crippen LogP contribution in [0.25, 0.3) is 0 Å². The molecule has 2 N–H and O–H groups in total. The van der Waals surface area contributed by atoms with Gasteiger partial charge in [0.2, 0.25) is 5.91 Å². The number of likely N-dealkylation sites (N-methyl/N-ethyl adjacent to an activating group) is 1. The Labute approximate surface area is 150 Å². The van der Waals surface area contributed by atoms with E-state index in [2.05, 4.69) is 46.7 Å². The van der Waals surface area contributed by atoms with Gasteiger partial charge in [-0.15, -0.1) is 0 Å². The number of aryl methyl sites for hydroxylation is 1. The summed E-state index contributed by atoms with van der Waals surface area (Å²) in [5.41, 5.74) is 2.68. The lowest BCUT2D eigenvalue weighted by atomic mass is 10.0. The summed E-state index contributed by atoms with van der Waals surface area (Å²) in [5.74, 6) is -0.108. The first kappa shape index (κ1) is 19.2. The topological polar surface area (TPSA) is 64.7 Å². The van der Waals surface area contributed by atoms with E-state index in [4.69, 9.17) is 0 Å². The number of hydrogen-bond acceptors (Lipinski definition) is 3. The maximum atomic E-state index is 12.1. The van der Waals surface area contributed by atoms with Crippen molar-refractivity contribution in [3.05, 3.63) is 35.4 Å². The molecule has 1 aromatic carbocycles. The molecule has 25 heavy (non-hydrogen) atoms. The van der Waals surface area contributed by atoms with E-state index in [1.54, 1.807) is 21.0 Å². The van der Waals surface area contributed by atoms with E-state index in [0.29, 0.717) is 0 Å². The average Bonchev–Trinajstić information content (AvgIpc) is 2.57. The smallest absolute Gasteiger partial charge is 0.315 e. The number of rotatable bonds is 5. The van der Waals surface area contributed by atoms with Gasteiger partial charge >= 0.3 is 6.03 Å². The number of hydrogen-bond donors (Lipinski definition) is 2. The number of nitrogens with zero attached hydrogens (tertiary/aromatic N) is 2. The van der Waals surface area contributed by atoms with Crippen molar-refractivity contribution in [2.24, 2.45) is 0 Å². The van der Waals surface area contributed by atoms with E-state index in [1.807, 2.05) is 0 Å². The van der Waals surface area contributed by atoms with Gasteiger partial charge in [-0.25, -0.2) is 4.79 Å². The summed E-state index contributed by atoms with van der Waals surface area (Å²) < 4.78 is 0. The fourth-order valence-electron chi connectivity index (χ4n) is 3.14. The molecule has 0 unspecified atom stereocenters. The summed E-state index contributed by atoms with van der Waals surface area (Å²) in [4.78, 5) is 27.8. The standard InChI is InChI=1S/C19H30N4O2/c1-14-7-5-6-8-16(14)13-23-11-9-17(10-12-23)21-19(25)20-15(2)18(24)22(3)4/h5-8,15,17H,9-13H2,1-4H3,(H2,20,21,25)/t15-/m0/s1. The molecule has 2 rings (SSSR count). The first-order valence-corrected chi connectivity index (χ1v) is 8.92. The highest BCUT2D eigenvalue weighted by atomic mass is 16.2. The van der Waals surface area contributed by atoms with Gasteiger partial charge in [-0.3, -0.25) is 9.69 Å². The zero-order valence-electron chi connectivity index (χ0n) is 15.7. The predicted octanol–water partition coefficient (Wildman–Crippen LogP) is 1.74. The van der Waals surface area contributed by atoms with Crippen molar-refractivity contribution in [3.63, 3.8) is 0 Å². The van der Waals surface area contributed by atoms with Crippen LogP contribution in [0.15, 0.2) is 24.3 Å². The molecular weight excluding hydrogens is 316 g/mol. The quantitative estimate of drug-likeness (QED) is 0.853. The fraction of sp³-hybridized carbons (Fsp3) is 0.579. The Hall–Kier alpha value is -2.08. The monoisotopic (exact) mass is 346 g/mol. The molecule has 0 bridgehead atoms. The van der Waals surface area contributed by atoms with E-state index in [-0.39, 0.29) is 18.0 Å². The van der Waals surface area contributed by atoms with Gasteiger partial charge in [-0.05, 0) is 37.8 Å². The van der Waals surface area contributed by atoms with Crippen LogP contribution in [0.3, 0.4) is 0 Å². The summed E-state index contributed by atoms with van der Waals surface area (Å²) in [5, 5.41) is 5.70. The molecule has 138 valence electrons. The van der Waals surface area contributed by atoms with Crippen molar-refractivity contribution in [3.8, 4) is 0 Å². The molecule has 1 aromatic rings. The number of likely N-dealkylation sites (tertiary alicyclic amines) is 1. The molecule has 1 fully saturated rings. The molecule has 0 aliphatic carbocycles. The van der Waals surface area contributed by atoms with E-state index in [1.165, 1.54) is 16.0 Å². The fourth-order valence-corrected chi connectivity index (χ4v) is 3.14. The van der Waals surface area contributed by atoms with Crippen molar-refractivity contribution in [1.29, 1.82) is 0 Å². The molecular formula is C19H30N4O2. The van der Waals surface area contributed by atoms with Crippen LogP contribution in [0.5, 0.6) is 0 Å². The van der Waals surface area contributed by atoms with Gasteiger partial charge in [0.05, 0.1) is 0 Å². The second kappa shape index (κ2) is 8.85. The number of benzene rings is 1. The highest BCUT2D eigenvalue weighted by Gasteiger charge is 2.23. The minimum absolute atomic E-state index is 0.108. The van der Waals surface area contributed by atoms with Gasteiger partial charge in [0, 0.05) is 39.8 Å². The highest BCUT2D eigenvalue weighted by molar-refractivity contribution is 5.86. The van der Waals surface area contributed by atoms with Crippen LogP contribution in [-0.2, 0) is 11.3 Å². The van der Waals surface area contributed by atoms with Gasteiger partial charge in [0.15, 0.2) is 0 Å². The van der Waals surface area contributed by atoms with Crippen LogP contribution in [0.1, 0.15) is 30.9 Å². The summed E-state index contributed by atoms with van der Waals surface area (Å²) >= 11 is 0. The van der Waals surface area contributed by atoms with Crippen LogP contribution >= 0.6 is 0 Å². The van der Waals surface area contributed by atoms with Crippen molar-refractivity contribution in [1.82, 2.24) is 20.4 Å². The SMILES string of the molecule is Cc1ccccc1CN1CCC(NC(=O)N[C@@H](C)C(=O)N(C)C)CC1. The molecule has 6 heteroatoms. The van der Waals surface area contributed by atoms with Gasteiger partial charge in [-0.1, -0.05) is 24.3 Å². The zero-order chi connectivity index (χ0) is 18.4. The second-order valence-electron chi connectivity index (χ2n) is 7.05. The number of urea groups is 1. The maximum Gasteiger partial charge on any atom is 0.315 e. The van der Waals surface area contributed by atoms with E-state index in [0.717, 1.165) is 32.5 Å². The molecule has 1 saturated heterocycles. The van der Waals surface area contributed by atoms with Crippen LogP contribution in [0.4, 0.5) is 4.79 Å². The van der Waals surface area contributed by atoms with Crippen LogP contribution in [-0.4, -0.2) is 61.0 Å². The molecule has 0 aromatic heterocycles. The Morgan fingerprint density at radius 1 is 1.24 bits per heavy atom. The van der Waals surface area contributed by atoms with Crippen molar-refractivity contribution >= 4 is 11.9 Å². The minimum atomic E-state index is -0.517. The van der Waals surface area contributed by atoms with E-state index in [9.17, 15) is 9.59 Å². The number of carbonyl (C=O) groups excluding carboxylic acids is 2. The minimum Gasteiger partial charge on any atom is -0.347 e. The lowest BCUT2D eigenvalue weighted by molar-refractivity contribution is -0.130. The Morgan fingerprint density at radius 2 is 1.88 bits per heavy atom. The molecule has 3 amide bonds. The summed E-state index contributed by atoms with van der Waals surface area (Å²) in [7, 11) is 3.37. The first-order chi connectivity index (χ1) is 11.9. The number of nitrogens with one attached hydrogen (secondary N) is 2. The normalized spacial score (nSPS) is 17.0. The summed E-state index contributed by atoms with van der Waals surface area (Å²) in [6.07, 6.45) is 1.85. The Balaban J connectivity index is 1.74. The van der Waals surface area contributed by atoms with Crippen molar-refractivity contribution in [2.75, 3.05) is 27.2 Å². The third-order valence-electron chi connectivity index (χ3n) is 4.74. The van der Waals surface area contributed by atoms with E-state index >= 15 is 0 Å². The van der Waals surface area contributed by atoms with E-state index < -0.39 is 6.04 Å². The third-order valence-corrected chi connectivity index (χ3v) is 4.74. The maximum absolute atomic E-state index is 12.1. The Kier molecular flexibility index (Phi) is 6.82.